The molecule has 1 aromatic carbocycles. The average molecular weight is 339 g/mol. The zero-order valence-corrected chi connectivity index (χ0v) is 13.3. The minimum atomic E-state index is -1.12. The van der Waals surface area contributed by atoms with Gasteiger partial charge in [-0.1, -0.05) is 28.1 Å². The Morgan fingerprint density at radius 3 is 2.29 bits per heavy atom. The van der Waals surface area contributed by atoms with Crippen molar-refractivity contribution in [2.45, 2.75) is 31.6 Å². The first-order valence-corrected chi connectivity index (χ1v) is 7.82. The summed E-state index contributed by atoms with van der Waals surface area (Å²) in [6.45, 7) is 5.80. The summed E-state index contributed by atoms with van der Waals surface area (Å²) >= 11 is 9.31. The summed E-state index contributed by atoms with van der Waals surface area (Å²) in [5.74, 6) is 0.392. The Balaban J connectivity index is 2.79. The largest absolute Gasteiger partial charge is 0.242 e. The van der Waals surface area contributed by atoms with Gasteiger partial charge in [0.1, 0.15) is 0 Å². The van der Waals surface area contributed by atoms with Crippen LogP contribution in [-0.4, -0.2) is 14.8 Å². The maximum Gasteiger partial charge on any atom is 0.0976 e. The number of alkyl halides is 1. The predicted octanol–water partition coefficient (Wildman–Crippen LogP) is 3.78. The van der Waals surface area contributed by atoms with Crippen molar-refractivity contribution in [1.29, 1.82) is 0 Å². The van der Waals surface area contributed by atoms with Gasteiger partial charge in [0.15, 0.2) is 0 Å². The van der Waals surface area contributed by atoms with E-state index in [1.165, 1.54) is 0 Å². The topological polar surface area (TPSA) is 29.1 Å². The minimum absolute atomic E-state index is 0.0928. The van der Waals surface area contributed by atoms with Crippen molar-refractivity contribution >= 4 is 38.5 Å². The summed E-state index contributed by atoms with van der Waals surface area (Å²) in [4.78, 5) is 0. The van der Waals surface area contributed by atoms with Gasteiger partial charge in [-0.05, 0) is 38.5 Å². The lowest BCUT2D eigenvalue weighted by Gasteiger charge is -2.23. The molecule has 0 radical (unpaired) electrons. The normalized spacial score (nSPS) is 15.6. The molecule has 0 saturated heterocycles. The van der Waals surface area contributed by atoms with Gasteiger partial charge in [-0.2, -0.15) is 0 Å². The molecule has 1 rings (SSSR count). The van der Waals surface area contributed by atoms with Crippen molar-refractivity contribution in [2.75, 3.05) is 5.88 Å². The average Bonchev–Trinajstić information content (AvgIpc) is 2.25. The summed E-state index contributed by atoms with van der Waals surface area (Å²) in [7, 11) is -1.12. The van der Waals surface area contributed by atoms with Gasteiger partial charge in [-0.15, -0.1) is 11.6 Å². The van der Waals surface area contributed by atoms with Crippen LogP contribution in [0.4, 0.5) is 0 Å². The van der Waals surface area contributed by atoms with Crippen LogP contribution in [-0.2, 0) is 11.0 Å². The van der Waals surface area contributed by atoms with Gasteiger partial charge in [0.05, 0.1) is 21.8 Å². The highest BCUT2D eigenvalue weighted by Crippen LogP contribution is 2.20. The third-order valence-corrected chi connectivity index (χ3v) is 4.68. The van der Waals surface area contributed by atoms with Gasteiger partial charge in [0, 0.05) is 10.4 Å². The molecule has 2 nitrogen and oxygen atoms in total. The number of rotatable bonds is 4. The highest BCUT2D eigenvalue weighted by atomic mass is 79.9. The number of benzene rings is 1. The predicted molar refractivity (Wildman–Crippen MR) is 78.6 cm³/mol. The molecule has 1 aromatic rings. The lowest BCUT2D eigenvalue weighted by atomic mass is 10.1. The van der Waals surface area contributed by atoms with Crippen LogP contribution >= 0.6 is 27.5 Å². The van der Waals surface area contributed by atoms with Crippen LogP contribution in [0.1, 0.15) is 32.4 Å². The first-order valence-electron chi connectivity index (χ1n) is 5.34. The van der Waals surface area contributed by atoms with Crippen LogP contribution in [0.2, 0.25) is 0 Å². The molecule has 0 fully saturated rings. The third kappa shape index (κ3) is 4.70. The quantitative estimate of drug-likeness (QED) is 0.832. The van der Waals surface area contributed by atoms with Gasteiger partial charge in [0.25, 0.3) is 0 Å². The summed E-state index contributed by atoms with van der Waals surface area (Å²) in [6, 6.07) is 7.77. The molecule has 96 valence electrons. The van der Waals surface area contributed by atoms with E-state index in [0.29, 0.717) is 5.88 Å². The van der Waals surface area contributed by atoms with Crippen molar-refractivity contribution in [1.82, 2.24) is 4.72 Å². The van der Waals surface area contributed by atoms with Gasteiger partial charge >= 0.3 is 0 Å². The number of halogens is 2. The van der Waals surface area contributed by atoms with Crippen LogP contribution in [0.15, 0.2) is 28.7 Å². The Labute approximate surface area is 119 Å². The monoisotopic (exact) mass is 337 g/mol. The van der Waals surface area contributed by atoms with E-state index in [1.807, 2.05) is 45.0 Å². The molecule has 17 heavy (non-hydrogen) atoms. The summed E-state index contributed by atoms with van der Waals surface area (Å²) in [5.41, 5.74) is 1.04. The number of hydrogen-bond acceptors (Lipinski definition) is 1. The Kier molecular flexibility index (Phi) is 5.64. The minimum Gasteiger partial charge on any atom is -0.242 e. The fourth-order valence-corrected chi connectivity index (χ4v) is 2.63. The standard InChI is InChI=1S/C12H17BrClNOS/c1-12(2,3)17(16)15-11(8-14)9-4-6-10(13)7-5-9/h4-7,11,15H,8H2,1-3H3/t11-,17+/m0/s1. The molecule has 0 aliphatic heterocycles. The second kappa shape index (κ2) is 6.32. The van der Waals surface area contributed by atoms with E-state index >= 15 is 0 Å². The molecule has 2 atom stereocenters. The molecule has 0 aromatic heterocycles. The first-order chi connectivity index (χ1) is 7.84. The molecule has 1 N–H and O–H groups in total. The third-order valence-electron chi connectivity index (χ3n) is 2.23. The van der Waals surface area contributed by atoms with Crippen LogP contribution in [0.5, 0.6) is 0 Å². The van der Waals surface area contributed by atoms with Crippen LogP contribution < -0.4 is 4.72 Å². The zero-order valence-electron chi connectivity index (χ0n) is 10.2. The van der Waals surface area contributed by atoms with Crippen molar-refractivity contribution in [3.8, 4) is 0 Å². The molecular weight excluding hydrogens is 322 g/mol. The highest BCUT2D eigenvalue weighted by molar-refractivity contribution is 9.10. The maximum atomic E-state index is 12.0. The summed E-state index contributed by atoms with van der Waals surface area (Å²) < 4.78 is 15.8. The maximum absolute atomic E-state index is 12.0. The first kappa shape index (κ1) is 15.2. The molecule has 0 bridgehead atoms. The van der Waals surface area contributed by atoms with Gasteiger partial charge < -0.3 is 0 Å². The van der Waals surface area contributed by atoms with Crippen LogP contribution in [0, 0.1) is 0 Å². The lowest BCUT2D eigenvalue weighted by molar-refractivity contribution is 0.617. The molecule has 0 aliphatic rings. The van der Waals surface area contributed by atoms with Gasteiger partial charge in [0.2, 0.25) is 0 Å². The second-order valence-corrected chi connectivity index (χ2v) is 7.98. The van der Waals surface area contributed by atoms with Gasteiger partial charge in [-0.3, -0.25) is 0 Å². The molecule has 0 amide bonds. The number of nitrogens with one attached hydrogen (secondary N) is 1. The zero-order chi connectivity index (χ0) is 13.1. The summed E-state index contributed by atoms with van der Waals surface area (Å²) in [5, 5.41) is 0. The van der Waals surface area contributed by atoms with Crippen molar-refractivity contribution in [3.63, 3.8) is 0 Å². The van der Waals surface area contributed by atoms with E-state index < -0.39 is 11.0 Å². The van der Waals surface area contributed by atoms with Crippen molar-refractivity contribution in [3.05, 3.63) is 34.3 Å². The molecular formula is C12H17BrClNOS. The molecule has 0 unspecified atom stereocenters. The van der Waals surface area contributed by atoms with E-state index in [2.05, 4.69) is 20.7 Å². The SMILES string of the molecule is CC(C)(C)[S@@](=O)N[C@@H](CCl)c1ccc(Br)cc1. The van der Waals surface area contributed by atoms with E-state index in [9.17, 15) is 4.21 Å². The summed E-state index contributed by atoms with van der Waals surface area (Å²) in [6.07, 6.45) is 0. The Bertz CT molecular complexity index is 388. The molecule has 0 spiro atoms. The van der Waals surface area contributed by atoms with Crippen LogP contribution in [0.25, 0.3) is 0 Å². The Hall–Kier alpha value is 0.1000. The van der Waals surface area contributed by atoms with E-state index in [4.69, 9.17) is 11.6 Å². The fourth-order valence-electron chi connectivity index (χ4n) is 1.19. The van der Waals surface area contributed by atoms with E-state index in [1.54, 1.807) is 0 Å². The molecule has 0 heterocycles. The van der Waals surface area contributed by atoms with Crippen molar-refractivity contribution < 1.29 is 4.21 Å². The fraction of sp³-hybridized carbons (Fsp3) is 0.500. The van der Waals surface area contributed by atoms with E-state index in [0.717, 1.165) is 10.0 Å². The Morgan fingerprint density at radius 1 is 1.35 bits per heavy atom. The molecule has 5 heteroatoms. The highest BCUT2D eigenvalue weighted by Gasteiger charge is 2.23. The molecule has 0 saturated carbocycles. The lowest BCUT2D eigenvalue weighted by Crippen LogP contribution is -2.36. The Morgan fingerprint density at radius 2 is 1.88 bits per heavy atom. The van der Waals surface area contributed by atoms with Gasteiger partial charge in [-0.25, -0.2) is 8.93 Å². The van der Waals surface area contributed by atoms with Crippen molar-refractivity contribution in [2.24, 2.45) is 0 Å². The number of hydrogen-bond donors (Lipinski definition) is 1. The smallest absolute Gasteiger partial charge is 0.0976 e. The van der Waals surface area contributed by atoms with E-state index in [-0.39, 0.29) is 10.8 Å². The molecule has 0 aliphatic carbocycles. The second-order valence-electron chi connectivity index (χ2n) is 4.76. The van der Waals surface area contributed by atoms with Crippen LogP contribution in [0.3, 0.4) is 0 Å².